The summed E-state index contributed by atoms with van der Waals surface area (Å²) in [5.74, 6) is 1.71. The van der Waals surface area contributed by atoms with Crippen LogP contribution in [0.4, 0.5) is 0 Å². The zero-order valence-corrected chi connectivity index (χ0v) is 11.0. The Labute approximate surface area is 108 Å². The zero-order chi connectivity index (χ0) is 12.1. The highest BCUT2D eigenvalue weighted by Gasteiger charge is 2.31. The van der Waals surface area contributed by atoms with Crippen LogP contribution < -0.4 is 10.1 Å². The van der Waals surface area contributed by atoms with E-state index in [-0.39, 0.29) is 0 Å². The minimum absolute atomic E-state index is 0.505. The van der Waals surface area contributed by atoms with Crippen molar-refractivity contribution in [2.45, 2.75) is 32.2 Å². The lowest BCUT2D eigenvalue weighted by atomic mass is 10.2. The Balaban J connectivity index is 1.80. The van der Waals surface area contributed by atoms with E-state index < -0.39 is 0 Å². The molecule has 1 aromatic carbocycles. The Morgan fingerprint density at radius 3 is 2.65 bits per heavy atom. The van der Waals surface area contributed by atoms with Crippen molar-refractivity contribution in [3.63, 3.8) is 0 Å². The molecule has 2 rings (SSSR count). The van der Waals surface area contributed by atoms with Crippen LogP contribution in [0.15, 0.2) is 24.3 Å². The first-order valence-corrected chi connectivity index (χ1v) is 6.79. The fourth-order valence-electron chi connectivity index (χ4n) is 1.91. The Hall–Kier alpha value is -0.730. The number of halogens is 1. The molecule has 1 aliphatic rings. The molecule has 0 amide bonds. The number of hydrogen-bond donors (Lipinski definition) is 1. The highest BCUT2D eigenvalue weighted by Crippen LogP contribution is 2.33. The Kier molecular flexibility index (Phi) is 4.69. The van der Waals surface area contributed by atoms with Crippen LogP contribution in [0.3, 0.4) is 0 Å². The van der Waals surface area contributed by atoms with Crippen LogP contribution in [-0.4, -0.2) is 19.2 Å². The molecule has 1 N–H and O–H groups in total. The molecule has 1 unspecified atom stereocenters. The molecule has 0 bridgehead atoms. The van der Waals surface area contributed by atoms with Gasteiger partial charge < -0.3 is 10.1 Å². The van der Waals surface area contributed by atoms with Crippen LogP contribution in [0.2, 0.25) is 5.02 Å². The third-order valence-corrected chi connectivity index (χ3v) is 3.34. The molecule has 1 atom stereocenters. The summed E-state index contributed by atoms with van der Waals surface area (Å²) >= 11 is 5.84. The van der Waals surface area contributed by atoms with E-state index in [2.05, 4.69) is 12.2 Å². The molecule has 0 aliphatic heterocycles. The van der Waals surface area contributed by atoms with E-state index in [1.807, 2.05) is 24.3 Å². The average molecular weight is 254 g/mol. The summed E-state index contributed by atoms with van der Waals surface area (Å²) in [6.45, 7) is 4.02. The second-order valence-corrected chi connectivity index (χ2v) is 5.10. The van der Waals surface area contributed by atoms with E-state index in [4.69, 9.17) is 16.3 Å². The van der Waals surface area contributed by atoms with Gasteiger partial charge in [-0.05, 0) is 56.0 Å². The first-order chi connectivity index (χ1) is 8.29. The van der Waals surface area contributed by atoms with Gasteiger partial charge in [0, 0.05) is 11.1 Å². The Morgan fingerprint density at radius 2 is 2.06 bits per heavy atom. The van der Waals surface area contributed by atoms with Gasteiger partial charge in [-0.1, -0.05) is 18.5 Å². The number of nitrogens with one attached hydrogen (secondary N) is 1. The predicted octanol–water partition coefficient (Wildman–Crippen LogP) is 3.50. The van der Waals surface area contributed by atoms with Crippen LogP contribution in [0.1, 0.15) is 26.2 Å². The van der Waals surface area contributed by atoms with E-state index in [0.717, 1.165) is 29.8 Å². The SMILES string of the molecule is CCCNC(COc1ccc(Cl)cc1)C1CC1. The second-order valence-electron chi connectivity index (χ2n) is 4.66. The quantitative estimate of drug-likeness (QED) is 0.803. The molecular weight excluding hydrogens is 234 g/mol. The van der Waals surface area contributed by atoms with Crippen molar-refractivity contribution in [2.75, 3.05) is 13.2 Å². The maximum atomic E-state index is 5.84. The predicted molar refractivity (Wildman–Crippen MR) is 71.8 cm³/mol. The largest absolute Gasteiger partial charge is 0.492 e. The zero-order valence-electron chi connectivity index (χ0n) is 10.3. The van der Waals surface area contributed by atoms with Crippen molar-refractivity contribution in [1.29, 1.82) is 0 Å². The normalized spacial score (nSPS) is 16.8. The molecule has 1 fully saturated rings. The van der Waals surface area contributed by atoms with Gasteiger partial charge in [0.05, 0.1) is 0 Å². The molecule has 1 aliphatic carbocycles. The van der Waals surface area contributed by atoms with Crippen LogP contribution in [0, 0.1) is 5.92 Å². The third kappa shape index (κ3) is 4.21. The maximum absolute atomic E-state index is 5.84. The molecule has 1 aromatic rings. The van der Waals surface area contributed by atoms with Crippen LogP contribution in [0.5, 0.6) is 5.75 Å². The molecule has 0 saturated heterocycles. The fraction of sp³-hybridized carbons (Fsp3) is 0.571. The van der Waals surface area contributed by atoms with Gasteiger partial charge in [-0.25, -0.2) is 0 Å². The van der Waals surface area contributed by atoms with Crippen molar-refractivity contribution >= 4 is 11.6 Å². The topological polar surface area (TPSA) is 21.3 Å². The van der Waals surface area contributed by atoms with Gasteiger partial charge in [0.25, 0.3) is 0 Å². The number of benzene rings is 1. The van der Waals surface area contributed by atoms with Gasteiger partial charge in [-0.2, -0.15) is 0 Å². The minimum Gasteiger partial charge on any atom is -0.492 e. The summed E-state index contributed by atoms with van der Waals surface area (Å²) in [5, 5.41) is 4.31. The van der Waals surface area contributed by atoms with Gasteiger partial charge >= 0.3 is 0 Å². The van der Waals surface area contributed by atoms with E-state index >= 15 is 0 Å². The number of hydrogen-bond acceptors (Lipinski definition) is 2. The number of rotatable bonds is 7. The van der Waals surface area contributed by atoms with Crippen LogP contribution in [0.25, 0.3) is 0 Å². The summed E-state index contributed by atoms with van der Waals surface area (Å²) < 4.78 is 5.80. The van der Waals surface area contributed by atoms with Crippen molar-refractivity contribution < 1.29 is 4.74 Å². The van der Waals surface area contributed by atoms with Gasteiger partial charge in [-0.15, -0.1) is 0 Å². The molecule has 0 heterocycles. The van der Waals surface area contributed by atoms with Crippen molar-refractivity contribution in [1.82, 2.24) is 5.32 Å². The van der Waals surface area contributed by atoms with Crippen molar-refractivity contribution in [3.05, 3.63) is 29.3 Å². The molecule has 3 heteroatoms. The van der Waals surface area contributed by atoms with Gasteiger partial charge in [0.2, 0.25) is 0 Å². The maximum Gasteiger partial charge on any atom is 0.119 e. The van der Waals surface area contributed by atoms with E-state index in [9.17, 15) is 0 Å². The smallest absolute Gasteiger partial charge is 0.119 e. The highest BCUT2D eigenvalue weighted by molar-refractivity contribution is 6.30. The Bertz CT molecular complexity index is 335. The number of ether oxygens (including phenoxy) is 1. The molecule has 1 saturated carbocycles. The lowest BCUT2D eigenvalue weighted by molar-refractivity contribution is 0.249. The Morgan fingerprint density at radius 1 is 1.35 bits per heavy atom. The summed E-state index contributed by atoms with van der Waals surface area (Å²) in [7, 11) is 0. The summed E-state index contributed by atoms with van der Waals surface area (Å²) in [6, 6.07) is 8.08. The van der Waals surface area contributed by atoms with Crippen LogP contribution >= 0.6 is 11.6 Å². The first kappa shape index (κ1) is 12.7. The average Bonchev–Trinajstić information content (AvgIpc) is 3.16. The molecule has 17 heavy (non-hydrogen) atoms. The molecule has 94 valence electrons. The highest BCUT2D eigenvalue weighted by atomic mass is 35.5. The monoisotopic (exact) mass is 253 g/mol. The van der Waals surface area contributed by atoms with Crippen LogP contribution in [-0.2, 0) is 0 Å². The third-order valence-electron chi connectivity index (χ3n) is 3.09. The fourth-order valence-corrected chi connectivity index (χ4v) is 2.03. The molecule has 0 radical (unpaired) electrons. The first-order valence-electron chi connectivity index (χ1n) is 6.41. The lowest BCUT2D eigenvalue weighted by Crippen LogP contribution is -2.37. The van der Waals surface area contributed by atoms with E-state index in [1.54, 1.807) is 0 Å². The molecule has 0 spiro atoms. The van der Waals surface area contributed by atoms with Crippen molar-refractivity contribution in [2.24, 2.45) is 5.92 Å². The van der Waals surface area contributed by atoms with Crippen molar-refractivity contribution in [3.8, 4) is 5.75 Å². The summed E-state index contributed by atoms with van der Waals surface area (Å²) in [4.78, 5) is 0. The summed E-state index contributed by atoms with van der Waals surface area (Å²) in [5.41, 5.74) is 0. The second kappa shape index (κ2) is 6.27. The van der Waals surface area contributed by atoms with E-state index in [1.165, 1.54) is 19.3 Å². The minimum atomic E-state index is 0.505. The molecule has 0 aromatic heterocycles. The molecule has 2 nitrogen and oxygen atoms in total. The summed E-state index contributed by atoms with van der Waals surface area (Å²) in [6.07, 6.45) is 3.85. The van der Waals surface area contributed by atoms with Gasteiger partial charge in [-0.3, -0.25) is 0 Å². The van der Waals surface area contributed by atoms with E-state index in [0.29, 0.717) is 6.04 Å². The lowest BCUT2D eigenvalue weighted by Gasteiger charge is -2.18. The van der Waals surface area contributed by atoms with Gasteiger partial charge in [0.15, 0.2) is 0 Å². The molecular formula is C14H20ClNO. The van der Waals surface area contributed by atoms with Gasteiger partial charge in [0.1, 0.15) is 12.4 Å². The standard InChI is InChI=1S/C14H20ClNO/c1-2-9-16-14(11-3-4-11)10-17-13-7-5-12(15)6-8-13/h5-8,11,14,16H,2-4,9-10H2,1H3.